The van der Waals surface area contributed by atoms with Gasteiger partial charge in [-0.1, -0.05) is 12.1 Å². The summed E-state index contributed by atoms with van der Waals surface area (Å²) in [6.45, 7) is 3.94. The number of nitrogens with two attached hydrogens (primary N) is 1. The zero-order chi connectivity index (χ0) is 15.9. The predicted molar refractivity (Wildman–Crippen MR) is 89.9 cm³/mol. The Balaban J connectivity index is 2.13. The fraction of sp³-hybridized carbons (Fsp3) is 0.176. The van der Waals surface area contributed by atoms with Crippen molar-refractivity contribution in [1.29, 1.82) is 0 Å². The lowest BCUT2D eigenvalue weighted by Gasteiger charge is -2.03. The second kappa shape index (κ2) is 5.42. The molecule has 0 aliphatic carbocycles. The Morgan fingerprint density at radius 1 is 1.27 bits per heavy atom. The van der Waals surface area contributed by atoms with Gasteiger partial charge in [-0.05, 0) is 37.6 Å². The number of carbonyl (C=O) groups excluding carboxylic acids is 1. The summed E-state index contributed by atoms with van der Waals surface area (Å²) in [4.78, 5) is 18.6. The third-order valence-corrected chi connectivity index (χ3v) is 4.82. The zero-order valence-corrected chi connectivity index (χ0v) is 13.5. The van der Waals surface area contributed by atoms with Crippen molar-refractivity contribution in [2.45, 2.75) is 13.8 Å². The summed E-state index contributed by atoms with van der Waals surface area (Å²) in [5, 5.41) is 0.847. The van der Waals surface area contributed by atoms with Crippen molar-refractivity contribution < 1.29 is 9.53 Å². The number of fused-ring (bicyclic) bond motifs is 1. The number of rotatable bonds is 3. The molecule has 0 bridgehead atoms. The Hall–Kier alpha value is -2.40. The van der Waals surface area contributed by atoms with Gasteiger partial charge < -0.3 is 10.5 Å². The van der Waals surface area contributed by atoms with Crippen LogP contribution in [-0.4, -0.2) is 17.9 Å². The minimum Gasteiger partial charge on any atom is -0.497 e. The highest BCUT2D eigenvalue weighted by Gasteiger charge is 2.19. The van der Waals surface area contributed by atoms with E-state index in [1.165, 1.54) is 11.3 Å². The summed E-state index contributed by atoms with van der Waals surface area (Å²) < 4.78 is 5.17. The lowest BCUT2D eigenvalue weighted by molar-refractivity contribution is 0.104. The maximum Gasteiger partial charge on any atom is 0.205 e. The number of aryl methyl sites for hydroxylation is 2. The molecule has 1 aromatic carbocycles. The van der Waals surface area contributed by atoms with E-state index in [1.54, 1.807) is 31.4 Å². The molecule has 2 N–H and O–H groups in total. The number of anilines is 1. The topological polar surface area (TPSA) is 65.2 Å². The number of ether oxygens (including phenoxy) is 1. The van der Waals surface area contributed by atoms with Gasteiger partial charge in [0.05, 0.1) is 12.8 Å². The van der Waals surface area contributed by atoms with Crippen molar-refractivity contribution in [2.75, 3.05) is 12.8 Å². The van der Waals surface area contributed by atoms with Crippen LogP contribution < -0.4 is 10.5 Å². The second-order valence-corrected chi connectivity index (χ2v) is 6.15. The van der Waals surface area contributed by atoms with E-state index in [9.17, 15) is 4.79 Å². The van der Waals surface area contributed by atoms with E-state index >= 15 is 0 Å². The molecule has 4 nitrogen and oxygen atoms in total. The molecule has 2 aromatic heterocycles. The SMILES string of the molecule is COc1cccc(C(=O)c2sc3nc(C)c(C)cc3c2N)c1. The standard InChI is InChI=1S/C17H16N2O2S/c1-9-7-13-14(18)16(22-17(13)19-10(9)2)15(20)11-5-4-6-12(8-11)21-3/h4-8H,18H2,1-3H3. The summed E-state index contributed by atoms with van der Waals surface area (Å²) in [7, 11) is 1.58. The van der Waals surface area contributed by atoms with E-state index in [2.05, 4.69) is 4.98 Å². The number of nitrogen functional groups attached to an aromatic ring is 1. The van der Waals surface area contributed by atoms with Crippen LogP contribution in [0.15, 0.2) is 30.3 Å². The van der Waals surface area contributed by atoms with Gasteiger partial charge in [-0.15, -0.1) is 11.3 Å². The van der Waals surface area contributed by atoms with Crippen LogP contribution in [0.5, 0.6) is 5.75 Å². The number of thiophene rings is 1. The quantitative estimate of drug-likeness (QED) is 0.748. The Morgan fingerprint density at radius 3 is 2.77 bits per heavy atom. The van der Waals surface area contributed by atoms with Crippen LogP contribution in [0, 0.1) is 13.8 Å². The Labute approximate surface area is 132 Å². The van der Waals surface area contributed by atoms with Crippen LogP contribution >= 0.6 is 11.3 Å². The highest BCUT2D eigenvalue weighted by atomic mass is 32.1. The molecule has 3 aromatic rings. The number of nitrogens with zero attached hydrogens (tertiary/aromatic N) is 1. The Morgan fingerprint density at radius 2 is 2.05 bits per heavy atom. The molecule has 0 aliphatic heterocycles. The van der Waals surface area contributed by atoms with Crippen LogP contribution in [0.4, 0.5) is 5.69 Å². The number of methoxy groups -OCH3 is 1. The van der Waals surface area contributed by atoms with Gasteiger partial charge in [-0.25, -0.2) is 4.98 Å². The molecule has 0 fully saturated rings. The third kappa shape index (κ3) is 2.33. The number of pyridine rings is 1. The highest BCUT2D eigenvalue weighted by Crippen LogP contribution is 2.35. The summed E-state index contributed by atoms with van der Waals surface area (Å²) >= 11 is 1.34. The minimum atomic E-state index is -0.102. The van der Waals surface area contributed by atoms with E-state index in [0.29, 0.717) is 21.9 Å². The van der Waals surface area contributed by atoms with Crippen molar-refractivity contribution >= 4 is 33.0 Å². The van der Waals surface area contributed by atoms with Gasteiger partial charge >= 0.3 is 0 Å². The minimum absolute atomic E-state index is 0.102. The van der Waals surface area contributed by atoms with Crippen molar-refractivity contribution in [3.05, 3.63) is 52.0 Å². The van der Waals surface area contributed by atoms with E-state index in [1.807, 2.05) is 19.9 Å². The number of aromatic nitrogens is 1. The summed E-state index contributed by atoms with van der Waals surface area (Å²) in [6, 6.07) is 9.07. The first-order valence-corrected chi connectivity index (χ1v) is 7.68. The second-order valence-electron chi connectivity index (χ2n) is 5.15. The zero-order valence-electron chi connectivity index (χ0n) is 12.6. The molecule has 2 heterocycles. The van der Waals surface area contributed by atoms with Crippen molar-refractivity contribution in [1.82, 2.24) is 4.98 Å². The van der Waals surface area contributed by atoms with Crippen LogP contribution in [0.2, 0.25) is 0 Å². The summed E-state index contributed by atoms with van der Waals surface area (Å²) in [5.74, 6) is 0.546. The largest absolute Gasteiger partial charge is 0.497 e. The van der Waals surface area contributed by atoms with Crippen molar-refractivity contribution in [3.8, 4) is 5.75 Å². The predicted octanol–water partition coefficient (Wildman–Crippen LogP) is 3.73. The van der Waals surface area contributed by atoms with Gasteiger partial charge in [-0.2, -0.15) is 0 Å². The molecule has 0 amide bonds. The molecule has 112 valence electrons. The lowest BCUT2D eigenvalue weighted by atomic mass is 10.1. The lowest BCUT2D eigenvalue weighted by Crippen LogP contribution is -2.02. The maximum absolute atomic E-state index is 12.7. The molecule has 0 saturated carbocycles. The van der Waals surface area contributed by atoms with Crippen LogP contribution in [0.3, 0.4) is 0 Å². The molecule has 5 heteroatoms. The maximum atomic E-state index is 12.7. The number of hydrogen-bond donors (Lipinski definition) is 1. The number of ketones is 1. The van der Waals surface area contributed by atoms with Gasteiger partial charge in [-0.3, -0.25) is 4.79 Å². The molecule has 0 aliphatic rings. The molecule has 0 saturated heterocycles. The molecule has 0 spiro atoms. The molecular formula is C17H16N2O2S. The average Bonchev–Trinajstić information content (AvgIpc) is 2.84. The van der Waals surface area contributed by atoms with Crippen LogP contribution in [0.1, 0.15) is 26.5 Å². The van der Waals surface area contributed by atoms with E-state index < -0.39 is 0 Å². The smallest absolute Gasteiger partial charge is 0.205 e. The Bertz CT molecular complexity index is 884. The monoisotopic (exact) mass is 312 g/mol. The first-order chi connectivity index (χ1) is 10.5. The van der Waals surface area contributed by atoms with Crippen molar-refractivity contribution in [3.63, 3.8) is 0 Å². The third-order valence-electron chi connectivity index (χ3n) is 3.70. The van der Waals surface area contributed by atoms with Gasteiger partial charge in [0.25, 0.3) is 0 Å². The highest BCUT2D eigenvalue weighted by molar-refractivity contribution is 7.21. The van der Waals surface area contributed by atoms with Crippen LogP contribution in [0.25, 0.3) is 10.2 Å². The van der Waals surface area contributed by atoms with Gasteiger partial charge in [0.15, 0.2) is 0 Å². The van der Waals surface area contributed by atoms with Gasteiger partial charge in [0.2, 0.25) is 5.78 Å². The number of hydrogen-bond acceptors (Lipinski definition) is 5. The normalized spacial score (nSPS) is 10.9. The fourth-order valence-electron chi connectivity index (χ4n) is 2.29. The molecular weight excluding hydrogens is 296 g/mol. The summed E-state index contributed by atoms with van der Waals surface area (Å²) in [5.41, 5.74) is 9.27. The molecule has 0 radical (unpaired) electrons. The first kappa shape index (κ1) is 14.5. The van der Waals surface area contributed by atoms with Crippen molar-refractivity contribution in [2.24, 2.45) is 0 Å². The molecule has 22 heavy (non-hydrogen) atoms. The number of benzene rings is 1. The van der Waals surface area contributed by atoms with E-state index in [-0.39, 0.29) is 5.78 Å². The molecule has 0 atom stereocenters. The van der Waals surface area contributed by atoms with Gasteiger partial charge in [0, 0.05) is 16.6 Å². The summed E-state index contributed by atoms with van der Waals surface area (Å²) in [6.07, 6.45) is 0. The van der Waals surface area contributed by atoms with Crippen LogP contribution in [-0.2, 0) is 0 Å². The molecule has 3 rings (SSSR count). The Kier molecular flexibility index (Phi) is 3.58. The van der Waals surface area contributed by atoms with E-state index in [0.717, 1.165) is 21.5 Å². The molecule has 0 unspecified atom stereocenters. The first-order valence-electron chi connectivity index (χ1n) is 6.86. The average molecular weight is 312 g/mol. The number of carbonyl (C=O) groups is 1. The van der Waals surface area contributed by atoms with E-state index in [4.69, 9.17) is 10.5 Å². The van der Waals surface area contributed by atoms with Gasteiger partial charge in [0.1, 0.15) is 15.5 Å². The fourth-order valence-corrected chi connectivity index (χ4v) is 3.38.